The van der Waals surface area contributed by atoms with Crippen molar-refractivity contribution < 1.29 is 19.0 Å². The largest absolute Gasteiger partial charge is 0.497 e. The Morgan fingerprint density at radius 3 is 2.54 bits per heavy atom. The molecule has 0 atom stereocenters. The van der Waals surface area contributed by atoms with Gasteiger partial charge >= 0.3 is 6.03 Å². The summed E-state index contributed by atoms with van der Waals surface area (Å²) in [4.78, 5) is 12.0. The number of ether oxygens (including phenoxy) is 3. The molecule has 6 heteroatoms. The molecule has 2 amide bonds. The predicted molar refractivity (Wildman–Crippen MR) is 103 cm³/mol. The molecule has 0 spiro atoms. The standard InChI is InChI=1S/C20H26N2O4/c1-14(2)15-6-5-7-17(12-15)26-11-10-21-20(23)22-18-9-8-16(24-3)13-19(18)25-4/h5-9,12-14H,10-11H2,1-4H3,(H2,21,22,23). The highest BCUT2D eigenvalue weighted by molar-refractivity contribution is 5.91. The molecule has 0 aromatic heterocycles. The highest BCUT2D eigenvalue weighted by Crippen LogP contribution is 2.28. The smallest absolute Gasteiger partial charge is 0.319 e. The van der Waals surface area contributed by atoms with Crippen molar-refractivity contribution in [1.82, 2.24) is 5.32 Å². The lowest BCUT2D eigenvalue weighted by Gasteiger charge is -2.13. The minimum absolute atomic E-state index is 0.326. The van der Waals surface area contributed by atoms with Gasteiger partial charge in [-0.2, -0.15) is 0 Å². The third-order valence-electron chi connectivity index (χ3n) is 3.84. The number of hydrogen-bond donors (Lipinski definition) is 2. The fourth-order valence-electron chi connectivity index (χ4n) is 2.37. The van der Waals surface area contributed by atoms with Crippen molar-refractivity contribution in [1.29, 1.82) is 0 Å². The Balaban J connectivity index is 1.80. The SMILES string of the molecule is COc1ccc(NC(=O)NCCOc2cccc(C(C)C)c2)c(OC)c1. The Morgan fingerprint density at radius 1 is 1.04 bits per heavy atom. The molecule has 0 bridgehead atoms. The van der Waals surface area contributed by atoms with Crippen molar-refractivity contribution in [3.05, 3.63) is 48.0 Å². The number of carbonyl (C=O) groups excluding carboxylic acids is 1. The van der Waals surface area contributed by atoms with Gasteiger partial charge in [-0.05, 0) is 35.7 Å². The van der Waals surface area contributed by atoms with Gasteiger partial charge in [0, 0.05) is 6.07 Å². The molecular weight excluding hydrogens is 332 g/mol. The summed E-state index contributed by atoms with van der Waals surface area (Å²) in [5.74, 6) is 2.43. The number of amides is 2. The van der Waals surface area contributed by atoms with E-state index in [1.165, 1.54) is 12.7 Å². The second kappa shape index (κ2) is 9.56. The number of carbonyl (C=O) groups is 1. The summed E-state index contributed by atoms with van der Waals surface area (Å²) in [5, 5.41) is 5.51. The third-order valence-corrected chi connectivity index (χ3v) is 3.84. The third kappa shape index (κ3) is 5.58. The topological polar surface area (TPSA) is 68.8 Å². The first-order chi connectivity index (χ1) is 12.5. The molecule has 6 nitrogen and oxygen atoms in total. The summed E-state index contributed by atoms with van der Waals surface area (Å²) in [7, 11) is 3.11. The van der Waals surface area contributed by atoms with Crippen LogP contribution in [-0.4, -0.2) is 33.4 Å². The lowest BCUT2D eigenvalue weighted by molar-refractivity contribution is 0.247. The summed E-state index contributed by atoms with van der Waals surface area (Å²) in [6, 6.07) is 12.8. The van der Waals surface area contributed by atoms with Crippen molar-refractivity contribution in [2.75, 3.05) is 32.7 Å². The monoisotopic (exact) mass is 358 g/mol. The van der Waals surface area contributed by atoms with Gasteiger partial charge in [-0.3, -0.25) is 0 Å². The zero-order valence-corrected chi connectivity index (χ0v) is 15.7. The molecule has 0 unspecified atom stereocenters. The number of rotatable bonds is 8. The minimum Gasteiger partial charge on any atom is -0.497 e. The van der Waals surface area contributed by atoms with Gasteiger partial charge in [0.05, 0.1) is 26.5 Å². The van der Waals surface area contributed by atoms with Gasteiger partial charge in [0.15, 0.2) is 0 Å². The predicted octanol–water partition coefficient (Wildman–Crippen LogP) is 4.03. The van der Waals surface area contributed by atoms with E-state index in [1.807, 2.05) is 18.2 Å². The lowest BCUT2D eigenvalue weighted by atomic mass is 10.0. The lowest BCUT2D eigenvalue weighted by Crippen LogP contribution is -2.32. The number of hydrogen-bond acceptors (Lipinski definition) is 4. The van der Waals surface area contributed by atoms with Crippen LogP contribution in [0.4, 0.5) is 10.5 Å². The van der Waals surface area contributed by atoms with Gasteiger partial charge in [0.25, 0.3) is 0 Å². The van der Waals surface area contributed by atoms with E-state index >= 15 is 0 Å². The second-order valence-corrected chi connectivity index (χ2v) is 6.02. The fourth-order valence-corrected chi connectivity index (χ4v) is 2.37. The van der Waals surface area contributed by atoms with Crippen LogP contribution in [0.3, 0.4) is 0 Å². The van der Waals surface area contributed by atoms with Gasteiger partial charge in [-0.1, -0.05) is 26.0 Å². The van der Waals surface area contributed by atoms with Crippen LogP contribution in [0.5, 0.6) is 17.2 Å². The summed E-state index contributed by atoms with van der Waals surface area (Å²) < 4.78 is 16.1. The Labute approximate surface area is 154 Å². The Kier molecular flexibility index (Phi) is 7.14. The Morgan fingerprint density at radius 2 is 1.85 bits per heavy atom. The molecule has 0 heterocycles. The number of nitrogens with one attached hydrogen (secondary N) is 2. The van der Waals surface area contributed by atoms with Crippen LogP contribution in [0.1, 0.15) is 25.3 Å². The van der Waals surface area contributed by atoms with E-state index in [0.29, 0.717) is 36.3 Å². The molecule has 0 aliphatic carbocycles. The zero-order valence-electron chi connectivity index (χ0n) is 15.7. The first-order valence-corrected chi connectivity index (χ1v) is 8.53. The van der Waals surface area contributed by atoms with Crippen LogP contribution < -0.4 is 24.8 Å². The van der Waals surface area contributed by atoms with Crippen LogP contribution in [0.15, 0.2) is 42.5 Å². The molecule has 0 saturated carbocycles. The molecule has 26 heavy (non-hydrogen) atoms. The van der Waals surface area contributed by atoms with E-state index in [4.69, 9.17) is 14.2 Å². The summed E-state index contributed by atoms with van der Waals surface area (Å²) in [6.45, 7) is 5.04. The molecule has 2 aromatic carbocycles. The average Bonchev–Trinajstić information content (AvgIpc) is 2.65. The average molecular weight is 358 g/mol. The van der Waals surface area contributed by atoms with E-state index < -0.39 is 0 Å². The van der Waals surface area contributed by atoms with Crippen molar-refractivity contribution in [3.8, 4) is 17.2 Å². The van der Waals surface area contributed by atoms with Gasteiger partial charge in [0.1, 0.15) is 23.9 Å². The summed E-state index contributed by atoms with van der Waals surface area (Å²) in [6.07, 6.45) is 0. The number of benzene rings is 2. The molecule has 0 saturated heterocycles. The number of anilines is 1. The first kappa shape index (κ1) is 19.4. The maximum Gasteiger partial charge on any atom is 0.319 e. The van der Waals surface area contributed by atoms with Gasteiger partial charge < -0.3 is 24.8 Å². The molecule has 0 aliphatic rings. The van der Waals surface area contributed by atoms with E-state index in [9.17, 15) is 4.79 Å². The molecule has 0 fully saturated rings. The van der Waals surface area contributed by atoms with Crippen molar-refractivity contribution >= 4 is 11.7 Å². The molecule has 2 rings (SSSR count). The normalized spacial score (nSPS) is 10.3. The van der Waals surface area contributed by atoms with E-state index in [1.54, 1.807) is 25.3 Å². The minimum atomic E-state index is -0.326. The van der Waals surface area contributed by atoms with Crippen molar-refractivity contribution in [2.45, 2.75) is 19.8 Å². The van der Waals surface area contributed by atoms with Crippen LogP contribution in [0.25, 0.3) is 0 Å². The van der Waals surface area contributed by atoms with Crippen LogP contribution in [0.2, 0.25) is 0 Å². The van der Waals surface area contributed by atoms with Crippen molar-refractivity contribution in [3.63, 3.8) is 0 Å². The highest BCUT2D eigenvalue weighted by Gasteiger charge is 2.08. The van der Waals surface area contributed by atoms with Gasteiger partial charge in [-0.25, -0.2) is 4.79 Å². The number of urea groups is 1. The molecule has 0 aliphatic heterocycles. The van der Waals surface area contributed by atoms with Gasteiger partial charge in [0.2, 0.25) is 0 Å². The van der Waals surface area contributed by atoms with Gasteiger partial charge in [-0.15, -0.1) is 0 Å². The van der Waals surface area contributed by atoms with E-state index in [2.05, 4.69) is 30.5 Å². The van der Waals surface area contributed by atoms with E-state index in [-0.39, 0.29) is 6.03 Å². The maximum atomic E-state index is 12.0. The highest BCUT2D eigenvalue weighted by atomic mass is 16.5. The molecule has 0 radical (unpaired) electrons. The second-order valence-electron chi connectivity index (χ2n) is 6.02. The van der Waals surface area contributed by atoms with Crippen LogP contribution in [-0.2, 0) is 0 Å². The Hall–Kier alpha value is -2.89. The zero-order chi connectivity index (χ0) is 18.9. The quantitative estimate of drug-likeness (QED) is 0.699. The van der Waals surface area contributed by atoms with Crippen LogP contribution in [0, 0.1) is 0 Å². The molecule has 140 valence electrons. The maximum absolute atomic E-state index is 12.0. The summed E-state index contributed by atoms with van der Waals surface area (Å²) >= 11 is 0. The van der Waals surface area contributed by atoms with Crippen molar-refractivity contribution in [2.24, 2.45) is 0 Å². The molecular formula is C20H26N2O4. The van der Waals surface area contributed by atoms with E-state index in [0.717, 1.165) is 5.75 Å². The Bertz CT molecular complexity index is 732. The summed E-state index contributed by atoms with van der Waals surface area (Å²) in [5.41, 5.74) is 1.79. The first-order valence-electron chi connectivity index (χ1n) is 8.53. The molecule has 2 N–H and O–H groups in total. The number of methoxy groups -OCH3 is 2. The molecule has 2 aromatic rings. The van der Waals surface area contributed by atoms with Crippen LogP contribution >= 0.6 is 0 Å². The fraction of sp³-hybridized carbons (Fsp3) is 0.350.